The van der Waals surface area contributed by atoms with Crippen LogP contribution in [0.15, 0.2) is 52.1 Å². The van der Waals surface area contributed by atoms with E-state index in [4.69, 9.17) is 11.6 Å². The summed E-state index contributed by atoms with van der Waals surface area (Å²) in [5.41, 5.74) is -0.331. The Morgan fingerprint density at radius 2 is 1.90 bits per heavy atom. The van der Waals surface area contributed by atoms with Crippen molar-refractivity contribution in [2.24, 2.45) is 0 Å². The molecule has 3 aromatic rings. The number of benzene rings is 2. The zero-order chi connectivity index (χ0) is 14.3. The second kappa shape index (κ2) is 4.54. The van der Waals surface area contributed by atoms with Crippen LogP contribution >= 0.6 is 11.6 Å². The Hall–Kier alpha value is -2.53. The molecule has 20 heavy (non-hydrogen) atoms. The standard InChI is InChI=1S/C14H9ClN2O3/c15-8-2-1-3-9(6-8)17-13(19)11-7-10(18)4-5-12(11)16-14(17)20/h1-7,18H,(H,16,20). The number of hydrogen-bond acceptors (Lipinski definition) is 3. The van der Waals surface area contributed by atoms with E-state index in [2.05, 4.69) is 4.98 Å². The minimum atomic E-state index is -0.560. The molecule has 0 aliphatic heterocycles. The second-order valence-corrected chi connectivity index (χ2v) is 4.72. The van der Waals surface area contributed by atoms with Crippen LogP contribution in [0.4, 0.5) is 0 Å². The largest absolute Gasteiger partial charge is 0.508 e. The molecule has 0 unspecified atom stereocenters. The SMILES string of the molecule is O=c1[nH]c2ccc(O)cc2c(=O)n1-c1cccc(Cl)c1. The van der Waals surface area contributed by atoms with Crippen molar-refractivity contribution in [2.45, 2.75) is 0 Å². The van der Waals surface area contributed by atoms with Crippen LogP contribution in [0.5, 0.6) is 5.75 Å². The minimum Gasteiger partial charge on any atom is -0.508 e. The molecule has 0 saturated carbocycles. The van der Waals surface area contributed by atoms with Crippen LogP contribution in [0.1, 0.15) is 0 Å². The van der Waals surface area contributed by atoms with Gasteiger partial charge in [-0.05, 0) is 36.4 Å². The molecule has 3 rings (SSSR count). The average molecular weight is 289 g/mol. The van der Waals surface area contributed by atoms with Crippen molar-refractivity contribution >= 4 is 22.5 Å². The van der Waals surface area contributed by atoms with Gasteiger partial charge in [-0.25, -0.2) is 9.36 Å². The summed E-state index contributed by atoms with van der Waals surface area (Å²) in [4.78, 5) is 27.1. The van der Waals surface area contributed by atoms with Gasteiger partial charge in [-0.2, -0.15) is 0 Å². The van der Waals surface area contributed by atoms with Crippen molar-refractivity contribution in [3.63, 3.8) is 0 Å². The maximum Gasteiger partial charge on any atom is 0.333 e. The predicted molar refractivity (Wildman–Crippen MR) is 76.8 cm³/mol. The summed E-state index contributed by atoms with van der Waals surface area (Å²) in [6.45, 7) is 0. The maximum absolute atomic E-state index is 12.4. The van der Waals surface area contributed by atoms with Gasteiger partial charge in [-0.1, -0.05) is 17.7 Å². The van der Waals surface area contributed by atoms with Gasteiger partial charge in [-0.3, -0.25) is 4.79 Å². The van der Waals surface area contributed by atoms with E-state index in [0.717, 1.165) is 4.57 Å². The van der Waals surface area contributed by atoms with Crippen molar-refractivity contribution in [3.8, 4) is 11.4 Å². The molecular formula is C14H9ClN2O3. The van der Waals surface area contributed by atoms with E-state index >= 15 is 0 Å². The van der Waals surface area contributed by atoms with Gasteiger partial charge in [0.2, 0.25) is 0 Å². The third kappa shape index (κ3) is 1.98. The summed E-state index contributed by atoms with van der Waals surface area (Å²) in [6, 6.07) is 10.6. The van der Waals surface area contributed by atoms with E-state index in [1.165, 1.54) is 24.3 Å². The van der Waals surface area contributed by atoms with Crippen LogP contribution in [0.25, 0.3) is 16.6 Å². The van der Waals surface area contributed by atoms with Crippen LogP contribution in [0, 0.1) is 0 Å². The molecule has 6 heteroatoms. The Morgan fingerprint density at radius 3 is 2.65 bits per heavy atom. The molecule has 0 atom stereocenters. The van der Waals surface area contributed by atoms with Gasteiger partial charge >= 0.3 is 5.69 Å². The Balaban J connectivity index is 2.42. The summed E-state index contributed by atoms with van der Waals surface area (Å²) >= 11 is 5.88. The topological polar surface area (TPSA) is 75.1 Å². The van der Waals surface area contributed by atoms with E-state index in [-0.39, 0.29) is 11.1 Å². The Morgan fingerprint density at radius 1 is 1.10 bits per heavy atom. The molecule has 1 heterocycles. The molecule has 0 fully saturated rings. The molecule has 0 aliphatic carbocycles. The van der Waals surface area contributed by atoms with Crippen LogP contribution in [0.2, 0.25) is 5.02 Å². The lowest BCUT2D eigenvalue weighted by atomic mass is 10.2. The van der Waals surface area contributed by atoms with Crippen molar-refractivity contribution in [3.05, 3.63) is 68.3 Å². The zero-order valence-electron chi connectivity index (χ0n) is 10.1. The molecule has 0 amide bonds. The number of aromatic amines is 1. The third-order valence-corrected chi connectivity index (χ3v) is 3.18. The number of fused-ring (bicyclic) bond motifs is 1. The first kappa shape index (κ1) is 12.5. The average Bonchev–Trinajstić information content (AvgIpc) is 2.40. The lowest BCUT2D eigenvalue weighted by Gasteiger charge is -2.06. The van der Waals surface area contributed by atoms with Crippen molar-refractivity contribution in [2.75, 3.05) is 0 Å². The molecule has 5 nitrogen and oxygen atoms in total. The van der Waals surface area contributed by atoms with Crippen LogP contribution < -0.4 is 11.2 Å². The van der Waals surface area contributed by atoms with Gasteiger partial charge < -0.3 is 10.1 Å². The molecule has 1 aromatic heterocycles. The number of phenols is 1. The molecule has 0 bridgehead atoms. The number of aromatic nitrogens is 2. The number of nitrogens with one attached hydrogen (secondary N) is 1. The van der Waals surface area contributed by atoms with E-state index in [1.54, 1.807) is 18.2 Å². The monoisotopic (exact) mass is 288 g/mol. The first-order chi connectivity index (χ1) is 9.56. The highest BCUT2D eigenvalue weighted by molar-refractivity contribution is 6.30. The van der Waals surface area contributed by atoms with E-state index in [1.807, 2.05) is 0 Å². The Kier molecular flexibility index (Phi) is 2.84. The fraction of sp³-hybridized carbons (Fsp3) is 0. The van der Waals surface area contributed by atoms with E-state index in [0.29, 0.717) is 16.2 Å². The third-order valence-electron chi connectivity index (χ3n) is 2.95. The van der Waals surface area contributed by atoms with Gasteiger partial charge in [0.05, 0.1) is 16.6 Å². The van der Waals surface area contributed by atoms with Gasteiger partial charge in [0, 0.05) is 5.02 Å². The summed E-state index contributed by atoms with van der Waals surface area (Å²) in [6.07, 6.45) is 0. The highest BCUT2D eigenvalue weighted by atomic mass is 35.5. The number of hydrogen-bond donors (Lipinski definition) is 2. The fourth-order valence-electron chi connectivity index (χ4n) is 2.05. The number of nitrogens with zero attached hydrogens (tertiary/aromatic N) is 1. The number of phenolic OH excluding ortho intramolecular Hbond substituents is 1. The molecular weight excluding hydrogens is 280 g/mol. The maximum atomic E-state index is 12.4. The highest BCUT2D eigenvalue weighted by Gasteiger charge is 2.10. The van der Waals surface area contributed by atoms with Gasteiger partial charge in [0.15, 0.2) is 0 Å². The first-order valence-electron chi connectivity index (χ1n) is 5.80. The lowest BCUT2D eigenvalue weighted by Crippen LogP contribution is -2.33. The number of halogens is 1. The van der Waals surface area contributed by atoms with Crippen LogP contribution in [-0.2, 0) is 0 Å². The molecule has 0 aliphatic rings. The number of aromatic hydroxyl groups is 1. The minimum absolute atomic E-state index is 0.0423. The number of rotatable bonds is 1. The van der Waals surface area contributed by atoms with Crippen LogP contribution in [-0.4, -0.2) is 14.7 Å². The zero-order valence-corrected chi connectivity index (χ0v) is 10.9. The molecule has 2 aromatic carbocycles. The summed E-state index contributed by atoms with van der Waals surface area (Å²) in [5.74, 6) is -0.0423. The van der Waals surface area contributed by atoms with Gasteiger partial charge in [0.25, 0.3) is 5.56 Å². The summed E-state index contributed by atoms with van der Waals surface area (Å²) in [7, 11) is 0. The predicted octanol–water partition coefficient (Wildman–Crippen LogP) is 2.04. The Bertz CT molecular complexity index is 928. The molecule has 0 spiro atoms. The van der Waals surface area contributed by atoms with E-state index in [9.17, 15) is 14.7 Å². The highest BCUT2D eigenvalue weighted by Crippen LogP contribution is 2.16. The quantitative estimate of drug-likeness (QED) is 0.719. The van der Waals surface area contributed by atoms with Gasteiger partial charge in [-0.15, -0.1) is 0 Å². The van der Waals surface area contributed by atoms with Crippen molar-refractivity contribution in [1.29, 1.82) is 0 Å². The lowest BCUT2D eigenvalue weighted by molar-refractivity contribution is 0.476. The van der Waals surface area contributed by atoms with E-state index < -0.39 is 11.2 Å². The fourth-order valence-corrected chi connectivity index (χ4v) is 2.24. The van der Waals surface area contributed by atoms with Crippen molar-refractivity contribution in [1.82, 2.24) is 9.55 Å². The first-order valence-corrected chi connectivity index (χ1v) is 6.18. The molecule has 0 radical (unpaired) electrons. The molecule has 100 valence electrons. The summed E-state index contributed by atoms with van der Waals surface area (Å²) in [5, 5.41) is 10.1. The molecule has 0 saturated heterocycles. The molecule has 2 N–H and O–H groups in total. The number of H-pyrrole nitrogens is 1. The summed E-state index contributed by atoms with van der Waals surface area (Å²) < 4.78 is 0.980. The van der Waals surface area contributed by atoms with Crippen LogP contribution in [0.3, 0.4) is 0 Å². The Labute approximate surface area is 117 Å². The second-order valence-electron chi connectivity index (χ2n) is 4.28. The smallest absolute Gasteiger partial charge is 0.333 e. The normalized spacial score (nSPS) is 10.8. The van der Waals surface area contributed by atoms with Gasteiger partial charge in [0.1, 0.15) is 5.75 Å². The van der Waals surface area contributed by atoms with Crippen molar-refractivity contribution < 1.29 is 5.11 Å².